The molecule has 1 aliphatic carbocycles. The van der Waals surface area contributed by atoms with Crippen LogP contribution < -0.4 is 4.74 Å². The maximum absolute atomic E-state index is 10.9. The topological polar surface area (TPSA) is 75.2 Å². The number of carboxylic acids is 1. The first-order valence-electron chi connectivity index (χ1n) is 6.12. The van der Waals surface area contributed by atoms with Crippen LogP contribution >= 0.6 is 0 Å². The van der Waals surface area contributed by atoms with Gasteiger partial charge in [0.05, 0.1) is 24.9 Å². The average molecular weight is 258 g/mol. The summed E-state index contributed by atoms with van der Waals surface area (Å²) in [6, 6.07) is 7.65. The third kappa shape index (κ3) is 2.07. The molecule has 2 atom stereocenters. The Morgan fingerprint density at radius 2 is 2.26 bits per heavy atom. The standard InChI is InChI=1S/C14H14N2O3/c1-19-12-5-3-2-4-8(12)11-7-15-13(16-11)9-6-10(9)14(17)18/h2-5,7,9-10H,6H2,1H3,(H,15,16)(H,17,18). The van der Waals surface area contributed by atoms with Crippen molar-refractivity contribution in [2.45, 2.75) is 12.3 Å². The summed E-state index contributed by atoms with van der Waals surface area (Å²) in [6.07, 6.45) is 2.39. The van der Waals surface area contributed by atoms with Gasteiger partial charge in [0.15, 0.2) is 0 Å². The largest absolute Gasteiger partial charge is 0.496 e. The number of aromatic nitrogens is 2. The van der Waals surface area contributed by atoms with Crippen LogP contribution in [0, 0.1) is 5.92 Å². The third-order valence-electron chi connectivity index (χ3n) is 3.45. The maximum atomic E-state index is 10.9. The summed E-state index contributed by atoms with van der Waals surface area (Å²) < 4.78 is 5.30. The number of carboxylic acid groups (broad SMARTS) is 1. The van der Waals surface area contributed by atoms with Crippen molar-refractivity contribution in [1.82, 2.24) is 9.97 Å². The van der Waals surface area contributed by atoms with E-state index in [1.54, 1.807) is 13.3 Å². The van der Waals surface area contributed by atoms with E-state index in [1.165, 1.54) is 0 Å². The maximum Gasteiger partial charge on any atom is 0.307 e. The number of rotatable bonds is 4. The van der Waals surface area contributed by atoms with Crippen LogP contribution in [0.2, 0.25) is 0 Å². The number of nitrogens with zero attached hydrogens (tertiary/aromatic N) is 1. The van der Waals surface area contributed by atoms with Crippen LogP contribution in [-0.4, -0.2) is 28.2 Å². The molecule has 3 rings (SSSR count). The van der Waals surface area contributed by atoms with Gasteiger partial charge in [0.25, 0.3) is 0 Å². The lowest BCUT2D eigenvalue weighted by Crippen LogP contribution is -1.99. The summed E-state index contributed by atoms with van der Waals surface area (Å²) in [7, 11) is 1.62. The first-order valence-corrected chi connectivity index (χ1v) is 6.12. The van der Waals surface area contributed by atoms with E-state index in [4.69, 9.17) is 9.84 Å². The Labute approximate surface area is 110 Å². The molecule has 0 radical (unpaired) electrons. The summed E-state index contributed by atoms with van der Waals surface area (Å²) in [6.45, 7) is 0. The molecule has 1 fully saturated rings. The van der Waals surface area contributed by atoms with Crippen molar-refractivity contribution < 1.29 is 14.6 Å². The highest BCUT2D eigenvalue weighted by Crippen LogP contribution is 2.46. The second-order valence-electron chi connectivity index (χ2n) is 4.67. The molecule has 1 saturated carbocycles. The molecule has 0 bridgehead atoms. The molecule has 0 aliphatic heterocycles. The van der Waals surface area contributed by atoms with Crippen molar-refractivity contribution in [2.75, 3.05) is 7.11 Å². The first kappa shape index (κ1) is 11.8. The van der Waals surface area contributed by atoms with Gasteiger partial charge < -0.3 is 14.8 Å². The molecule has 2 N–H and O–H groups in total. The fraction of sp³-hybridized carbons (Fsp3) is 0.286. The van der Waals surface area contributed by atoms with Crippen LogP contribution in [-0.2, 0) is 4.79 Å². The zero-order chi connectivity index (χ0) is 13.4. The van der Waals surface area contributed by atoms with E-state index in [0.29, 0.717) is 6.42 Å². The number of nitrogens with one attached hydrogen (secondary N) is 1. The summed E-state index contributed by atoms with van der Waals surface area (Å²) in [5.41, 5.74) is 1.78. The molecular formula is C14H14N2O3. The van der Waals surface area contributed by atoms with Gasteiger partial charge in [0.2, 0.25) is 0 Å². The second-order valence-corrected chi connectivity index (χ2v) is 4.67. The van der Waals surface area contributed by atoms with Gasteiger partial charge in [0, 0.05) is 11.5 Å². The summed E-state index contributed by atoms with van der Waals surface area (Å²) in [5, 5.41) is 8.93. The number of H-pyrrole nitrogens is 1. The molecule has 19 heavy (non-hydrogen) atoms. The molecule has 0 amide bonds. The zero-order valence-corrected chi connectivity index (χ0v) is 10.5. The number of imidazole rings is 1. The molecular weight excluding hydrogens is 244 g/mol. The number of aromatic amines is 1. The Balaban J connectivity index is 1.88. The number of benzene rings is 1. The first-order chi connectivity index (χ1) is 9.20. The van der Waals surface area contributed by atoms with E-state index in [9.17, 15) is 4.79 Å². The van der Waals surface area contributed by atoms with Gasteiger partial charge in [-0.25, -0.2) is 4.98 Å². The zero-order valence-electron chi connectivity index (χ0n) is 10.5. The fourth-order valence-corrected chi connectivity index (χ4v) is 2.30. The van der Waals surface area contributed by atoms with Gasteiger partial charge in [-0.05, 0) is 18.6 Å². The summed E-state index contributed by atoms with van der Waals surface area (Å²) in [5.74, 6) is 0.481. The molecule has 5 nitrogen and oxygen atoms in total. The van der Waals surface area contributed by atoms with Crippen LogP contribution in [0.1, 0.15) is 18.2 Å². The lowest BCUT2D eigenvalue weighted by molar-refractivity contribution is -0.138. The van der Waals surface area contributed by atoms with Crippen molar-refractivity contribution in [3.8, 4) is 17.0 Å². The predicted octanol–water partition coefficient (Wildman–Crippen LogP) is 2.27. The van der Waals surface area contributed by atoms with E-state index in [-0.39, 0.29) is 11.8 Å². The second kappa shape index (κ2) is 4.42. The van der Waals surface area contributed by atoms with Crippen molar-refractivity contribution in [2.24, 2.45) is 5.92 Å². The van der Waals surface area contributed by atoms with Crippen molar-refractivity contribution >= 4 is 5.97 Å². The Hall–Kier alpha value is -2.30. The smallest absolute Gasteiger partial charge is 0.307 e. The van der Waals surface area contributed by atoms with Gasteiger partial charge in [-0.3, -0.25) is 4.79 Å². The number of hydrogen-bond acceptors (Lipinski definition) is 3. The number of hydrogen-bond donors (Lipinski definition) is 2. The number of para-hydroxylation sites is 1. The minimum Gasteiger partial charge on any atom is -0.496 e. The van der Waals surface area contributed by atoms with Crippen LogP contribution in [0.25, 0.3) is 11.3 Å². The Morgan fingerprint density at radius 3 is 2.95 bits per heavy atom. The molecule has 98 valence electrons. The van der Waals surface area contributed by atoms with Gasteiger partial charge >= 0.3 is 5.97 Å². The quantitative estimate of drug-likeness (QED) is 0.882. The third-order valence-corrected chi connectivity index (χ3v) is 3.45. The van der Waals surface area contributed by atoms with Gasteiger partial charge in [0.1, 0.15) is 11.6 Å². The average Bonchev–Trinajstić information content (AvgIpc) is 3.09. The molecule has 0 saturated heterocycles. The van der Waals surface area contributed by atoms with Crippen LogP contribution in [0.4, 0.5) is 0 Å². The molecule has 2 unspecified atom stereocenters. The Morgan fingerprint density at radius 1 is 1.47 bits per heavy atom. The summed E-state index contributed by atoms with van der Waals surface area (Å²) >= 11 is 0. The van der Waals surface area contributed by atoms with E-state index in [2.05, 4.69) is 9.97 Å². The molecule has 1 aromatic carbocycles. The van der Waals surface area contributed by atoms with E-state index in [0.717, 1.165) is 22.8 Å². The van der Waals surface area contributed by atoms with Crippen LogP contribution in [0.5, 0.6) is 5.75 Å². The monoisotopic (exact) mass is 258 g/mol. The number of ether oxygens (including phenoxy) is 1. The van der Waals surface area contributed by atoms with Crippen molar-refractivity contribution in [3.63, 3.8) is 0 Å². The molecule has 1 heterocycles. The van der Waals surface area contributed by atoms with Crippen LogP contribution in [0.3, 0.4) is 0 Å². The Kier molecular flexibility index (Phi) is 2.74. The number of carbonyl (C=O) groups is 1. The van der Waals surface area contributed by atoms with E-state index >= 15 is 0 Å². The number of aliphatic carboxylic acids is 1. The minimum absolute atomic E-state index is 0.0148. The molecule has 1 aromatic heterocycles. The van der Waals surface area contributed by atoms with Gasteiger partial charge in [-0.15, -0.1) is 0 Å². The molecule has 1 aliphatic rings. The van der Waals surface area contributed by atoms with Gasteiger partial charge in [-0.2, -0.15) is 0 Å². The predicted molar refractivity (Wildman–Crippen MR) is 69.1 cm³/mol. The SMILES string of the molecule is COc1ccccc1-c1cnc(C2CC2C(=O)O)[nH]1. The normalized spacial score (nSPS) is 21.1. The number of methoxy groups -OCH3 is 1. The van der Waals surface area contributed by atoms with Crippen molar-refractivity contribution in [3.05, 3.63) is 36.3 Å². The van der Waals surface area contributed by atoms with E-state index in [1.807, 2.05) is 24.3 Å². The van der Waals surface area contributed by atoms with Crippen LogP contribution in [0.15, 0.2) is 30.5 Å². The lowest BCUT2D eigenvalue weighted by atomic mass is 10.1. The highest BCUT2D eigenvalue weighted by Gasteiger charge is 2.46. The van der Waals surface area contributed by atoms with Crippen molar-refractivity contribution in [1.29, 1.82) is 0 Å². The lowest BCUT2D eigenvalue weighted by Gasteiger charge is -2.05. The fourth-order valence-electron chi connectivity index (χ4n) is 2.30. The Bertz CT molecular complexity index is 621. The van der Waals surface area contributed by atoms with E-state index < -0.39 is 5.97 Å². The van der Waals surface area contributed by atoms with Gasteiger partial charge in [-0.1, -0.05) is 12.1 Å². The molecule has 0 spiro atoms. The highest BCUT2D eigenvalue weighted by atomic mass is 16.5. The molecule has 5 heteroatoms. The minimum atomic E-state index is -0.750. The summed E-state index contributed by atoms with van der Waals surface area (Å²) in [4.78, 5) is 18.3. The highest BCUT2D eigenvalue weighted by molar-refractivity contribution is 5.75. The molecule has 2 aromatic rings.